The fraction of sp³-hybridized carbons (Fsp3) is 0.500. The van der Waals surface area contributed by atoms with Crippen molar-refractivity contribution in [1.29, 1.82) is 0 Å². The van der Waals surface area contributed by atoms with Crippen molar-refractivity contribution in [2.45, 2.75) is 18.0 Å². The Hall–Kier alpha value is -0.770. The van der Waals surface area contributed by atoms with E-state index in [0.717, 1.165) is 23.8 Å². The molecule has 2 rings (SSSR count). The number of rotatable bonds is 1. The first-order valence-corrected chi connectivity index (χ1v) is 5.26. The van der Waals surface area contributed by atoms with E-state index in [-0.39, 0.29) is 0 Å². The van der Waals surface area contributed by atoms with E-state index >= 15 is 0 Å². The van der Waals surface area contributed by atoms with Crippen LogP contribution in [0.5, 0.6) is 0 Å². The highest BCUT2D eigenvalue weighted by molar-refractivity contribution is 7.98. The van der Waals surface area contributed by atoms with Gasteiger partial charge >= 0.3 is 0 Å². The topological polar surface area (TPSA) is 37.8 Å². The molecule has 0 bridgehead atoms. The van der Waals surface area contributed by atoms with Gasteiger partial charge in [0.25, 0.3) is 0 Å². The fourth-order valence-electron chi connectivity index (χ4n) is 1.31. The molecule has 1 aliphatic rings. The Morgan fingerprint density at radius 1 is 1.58 bits per heavy atom. The molecule has 0 aromatic carbocycles. The molecule has 2 heterocycles. The van der Waals surface area contributed by atoms with Gasteiger partial charge in [-0.1, -0.05) is 11.8 Å². The predicted octanol–water partition coefficient (Wildman–Crippen LogP) is 1.56. The van der Waals surface area contributed by atoms with Gasteiger partial charge in [-0.2, -0.15) is 0 Å². The van der Waals surface area contributed by atoms with Crippen LogP contribution >= 0.6 is 11.8 Å². The average Bonchev–Trinajstić information content (AvgIpc) is 2.17. The van der Waals surface area contributed by atoms with Gasteiger partial charge in [0.05, 0.1) is 17.6 Å². The standard InChI is InChI=1S/C8H11N3S/c1-12-8-10-5-7-6(11-8)3-2-4-9-7/h5,9H,2-4H2,1H3. The van der Waals surface area contributed by atoms with Crippen molar-refractivity contribution < 1.29 is 0 Å². The van der Waals surface area contributed by atoms with Gasteiger partial charge < -0.3 is 5.32 Å². The number of hydrogen-bond donors (Lipinski definition) is 1. The van der Waals surface area contributed by atoms with Gasteiger partial charge in [0, 0.05) is 6.54 Å². The second-order valence-electron chi connectivity index (χ2n) is 2.75. The highest BCUT2D eigenvalue weighted by Crippen LogP contribution is 2.20. The minimum atomic E-state index is 0.873. The average molecular weight is 181 g/mol. The Kier molecular flexibility index (Phi) is 2.17. The molecule has 0 atom stereocenters. The minimum Gasteiger partial charge on any atom is -0.382 e. The van der Waals surface area contributed by atoms with Crippen LogP contribution in [0.3, 0.4) is 0 Å². The predicted molar refractivity (Wildman–Crippen MR) is 50.6 cm³/mol. The first kappa shape index (κ1) is 7.86. The minimum absolute atomic E-state index is 0.873. The van der Waals surface area contributed by atoms with E-state index in [9.17, 15) is 0 Å². The maximum absolute atomic E-state index is 4.42. The molecule has 1 aromatic rings. The van der Waals surface area contributed by atoms with E-state index in [2.05, 4.69) is 15.3 Å². The maximum atomic E-state index is 4.42. The molecule has 0 saturated carbocycles. The van der Waals surface area contributed by atoms with E-state index in [0.29, 0.717) is 0 Å². The lowest BCUT2D eigenvalue weighted by Gasteiger charge is -2.16. The van der Waals surface area contributed by atoms with E-state index in [4.69, 9.17) is 0 Å². The summed E-state index contributed by atoms with van der Waals surface area (Å²) in [6.07, 6.45) is 6.14. The Labute approximate surface area is 76.0 Å². The molecule has 0 unspecified atom stereocenters. The lowest BCUT2D eigenvalue weighted by molar-refractivity contribution is 0.767. The SMILES string of the molecule is CSc1ncc2c(n1)CCCN2. The maximum Gasteiger partial charge on any atom is 0.187 e. The Morgan fingerprint density at radius 2 is 2.50 bits per heavy atom. The van der Waals surface area contributed by atoms with E-state index in [1.165, 1.54) is 12.1 Å². The third-order valence-corrected chi connectivity index (χ3v) is 2.50. The quantitative estimate of drug-likeness (QED) is 0.527. The number of nitrogens with zero attached hydrogens (tertiary/aromatic N) is 2. The van der Waals surface area contributed by atoms with Crippen LogP contribution in [0, 0.1) is 0 Å². The zero-order valence-corrected chi connectivity index (χ0v) is 7.82. The summed E-state index contributed by atoms with van der Waals surface area (Å²) in [5, 5.41) is 4.15. The molecule has 0 aliphatic carbocycles. The molecule has 0 radical (unpaired) electrons. The number of fused-ring (bicyclic) bond motifs is 1. The zero-order valence-electron chi connectivity index (χ0n) is 7.00. The molecule has 64 valence electrons. The number of nitrogens with one attached hydrogen (secondary N) is 1. The summed E-state index contributed by atoms with van der Waals surface area (Å²) in [6, 6.07) is 0. The van der Waals surface area contributed by atoms with Gasteiger partial charge in [-0.15, -0.1) is 0 Å². The summed E-state index contributed by atoms with van der Waals surface area (Å²) in [5.41, 5.74) is 2.28. The van der Waals surface area contributed by atoms with Gasteiger partial charge in [-0.3, -0.25) is 0 Å². The summed E-state index contributed by atoms with van der Waals surface area (Å²) in [7, 11) is 0. The van der Waals surface area contributed by atoms with Crippen LogP contribution in [0.15, 0.2) is 11.4 Å². The number of thioether (sulfide) groups is 1. The van der Waals surface area contributed by atoms with E-state index in [1.54, 1.807) is 11.8 Å². The molecule has 12 heavy (non-hydrogen) atoms. The third-order valence-electron chi connectivity index (χ3n) is 1.93. The van der Waals surface area contributed by atoms with Gasteiger partial charge in [0.2, 0.25) is 0 Å². The van der Waals surface area contributed by atoms with Crippen LogP contribution in [-0.2, 0) is 6.42 Å². The van der Waals surface area contributed by atoms with Crippen LogP contribution < -0.4 is 5.32 Å². The van der Waals surface area contributed by atoms with Crippen molar-refractivity contribution in [1.82, 2.24) is 9.97 Å². The Morgan fingerprint density at radius 3 is 3.33 bits per heavy atom. The van der Waals surface area contributed by atoms with Crippen LogP contribution in [0.4, 0.5) is 5.69 Å². The van der Waals surface area contributed by atoms with E-state index < -0.39 is 0 Å². The first-order valence-electron chi connectivity index (χ1n) is 4.04. The second-order valence-corrected chi connectivity index (χ2v) is 3.52. The lowest BCUT2D eigenvalue weighted by atomic mass is 10.1. The number of anilines is 1. The number of aromatic nitrogens is 2. The summed E-state index contributed by atoms with van der Waals surface area (Å²) in [4.78, 5) is 8.62. The van der Waals surface area contributed by atoms with Gasteiger partial charge in [0.1, 0.15) is 0 Å². The number of aryl methyl sites for hydroxylation is 1. The van der Waals surface area contributed by atoms with Crippen LogP contribution in [0.2, 0.25) is 0 Å². The molecule has 0 amide bonds. The largest absolute Gasteiger partial charge is 0.382 e. The van der Waals surface area contributed by atoms with Crippen molar-refractivity contribution in [2.75, 3.05) is 18.1 Å². The highest BCUT2D eigenvalue weighted by atomic mass is 32.2. The fourth-order valence-corrected chi connectivity index (χ4v) is 1.67. The second kappa shape index (κ2) is 3.31. The summed E-state index contributed by atoms with van der Waals surface area (Å²) < 4.78 is 0. The van der Waals surface area contributed by atoms with Gasteiger partial charge in [-0.05, 0) is 19.1 Å². The monoisotopic (exact) mass is 181 g/mol. The molecule has 1 aromatic heterocycles. The molecule has 3 nitrogen and oxygen atoms in total. The zero-order chi connectivity index (χ0) is 8.39. The molecule has 4 heteroatoms. The van der Waals surface area contributed by atoms with Crippen molar-refractivity contribution in [3.63, 3.8) is 0 Å². The van der Waals surface area contributed by atoms with E-state index in [1.807, 2.05) is 12.5 Å². The van der Waals surface area contributed by atoms with Crippen molar-refractivity contribution >= 4 is 17.4 Å². The van der Waals surface area contributed by atoms with Gasteiger partial charge in [-0.25, -0.2) is 9.97 Å². The normalized spacial score (nSPS) is 15.1. The molecule has 0 spiro atoms. The highest BCUT2D eigenvalue weighted by Gasteiger charge is 2.10. The van der Waals surface area contributed by atoms with Crippen LogP contribution in [-0.4, -0.2) is 22.8 Å². The Bertz CT molecular complexity index is 288. The number of hydrogen-bond acceptors (Lipinski definition) is 4. The van der Waals surface area contributed by atoms with Crippen molar-refractivity contribution in [2.24, 2.45) is 0 Å². The van der Waals surface area contributed by atoms with Crippen molar-refractivity contribution in [3.05, 3.63) is 11.9 Å². The Balaban J connectivity index is 2.36. The molecule has 0 saturated heterocycles. The molecular formula is C8H11N3S. The van der Waals surface area contributed by atoms with Crippen LogP contribution in [0.1, 0.15) is 12.1 Å². The lowest BCUT2D eigenvalue weighted by Crippen LogP contribution is -2.13. The molecule has 1 N–H and O–H groups in total. The summed E-state index contributed by atoms with van der Waals surface area (Å²) >= 11 is 1.59. The molecule has 0 fully saturated rings. The first-order chi connectivity index (χ1) is 5.90. The summed E-state index contributed by atoms with van der Waals surface area (Å²) in [6.45, 7) is 1.05. The molecular weight excluding hydrogens is 170 g/mol. The van der Waals surface area contributed by atoms with Crippen molar-refractivity contribution in [3.8, 4) is 0 Å². The molecule has 1 aliphatic heterocycles. The third kappa shape index (κ3) is 1.39. The van der Waals surface area contributed by atoms with Crippen LogP contribution in [0.25, 0.3) is 0 Å². The summed E-state index contributed by atoms with van der Waals surface area (Å²) in [5.74, 6) is 0. The smallest absolute Gasteiger partial charge is 0.187 e. The van der Waals surface area contributed by atoms with Gasteiger partial charge in [0.15, 0.2) is 5.16 Å².